The molecule has 18 heavy (non-hydrogen) atoms. The Morgan fingerprint density at radius 2 is 2.00 bits per heavy atom. The maximum absolute atomic E-state index is 12.0. The number of carbonyl (C=O) groups is 2. The summed E-state index contributed by atoms with van der Waals surface area (Å²) < 4.78 is 8.08. The maximum Gasteiger partial charge on any atom is 0.329 e. The third kappa shape index (κ3) is 1.72. The van der Waals surface area contributed by atoms with Gasteiger partial charge in [0.05, 0.1) is 11.4 Å². The van der Waals surface area contributed by atoms with E-state index in [-0.39, 0.29) is 5.91 Å². The van der Waals surface area contributed by atoms with E-state index in [1.807, 2.05) is 0 Å². The molecule has 3 rings (SSSR count). The highest BCUT2D eigenvalue weighted by Gasteiger charge is 2.51. The van der Waals surface area contributed by atoms with Crippen LogP contribution in [0, 0.1) is 0 Å². The van der Waals surface area contributed by atoms with Crippen LogP contribution in [0.2, 0.25) is 0 Å². The number of nitrogens with one attached hydrogen (secondary N) is 1. The topological polar surface area (TPSA) is 91.1 Å². The first-order valence-electron chi connectivity index (χ1n) is 5.39. The van der Waals surface area contributed by atoms with E-state index >= 15 is 0 Å². The van der Waals surface area contributed by atoms with E-state index in [1.165, 1.54) is 0 Å². The summed E-state index contributed by atoms with van der Waals surface area (Å²) in [6, 6.07) is 4.94. The molecule has 1 aromatic rings. The van der Waals surface area contributed by atoms with Gasteiger partial charge >= 0.3 is 5.97 Å². The van der Waals surface area contributed by atoms with Gasteiger partial charge < -0.3 is 10.4 Å². The van der Waals surface area contributed by atoms with E-state index in [0.29, 0.717) is 24.1 Å². The summed E-state index contributed by atoms with van der Waals surface area (Å²) in [5, 5.41) is 11.6. The van der Waals surface area contributed by atoms with E-state index in [1.54, 1.807) is 18.2 Å². The number of carboxylic acid groups (broad SMARTS) is 1. The van der Waals surface area contributed by atoms with Crippen LogP contribution in [-0.4, -0.2) is 22.5 Å². The van der Waals surface area contributed by atoms with Gasteiger partial charge in [-0.15, -0.1) is 0 Å². The number of aliphatic carboxylic acids is 1. The summed E-state index contributed by atoms with van der Waals surface area (Å²) in [5.74, 6) is -1.36. The number of amides is 1. The molecule has 1 aliphatic carbocycles. The summed E-state index contributed by atoms with van der Waals surface area (Å²) in [6.45, 7) is 0. The maximum atomic E-state index is 12.0. The number of nitrogens with zero attached hydrogens (tertiary/aromatic N) is 2. The largest absolute Gasteiger partial charge is 0.480 e. The molecule has 1 fully saturated rings. The zero-order chi connectivity index (χ0) is 12.8. The van der Waals surface area contributed by atoms with Gasteiger partial charge in [0.15, 0.2) is 0 Å². The van der Waals surface area contributed by atoms with Crippen LogP contribution >= 0.6 is 0 Å². The van der Waals surface area contributed by atoms with Gasteiger partial charge in [0, 0.05) is 5.56 Å². The predicted octanol–water partition coefficient (Wildman–Crippen LogP) is 1.76. The molecule has 0 radical (unpaired) electrons. The monoisotopic (exact) mass is 263 g/mol. The van der Waals surface area contributed by atoms with Crippen molar-refractivity contribution < 1.29 is 14.7 Å². The molecule has 0 saturated heterocycles. The van der Waals surface area contributed by atoms with Crippen molar-refractivity contribution >= 4 is 34.6 Å². The molecule has 0 bridgehead atoms. The second-order valence-corrected chi connectivity index (χ2v) is 4.84. The average Bonchev–Trinajstić information content (AvgIpc) is 2.98. The van der Waals surface area contributed by atoms with Crippen molar-refractivity contribution in [2.45, 2.75) is 18.4 Å². The SMILES string of the molecule is O=C(NC1(C(=O)O)CC1)c1ccc2c(c1)N=S=N2. The van der Waals surface area contributed by atoms with Gasteiger partial charge in [-0.25, -0.2) is 4.79 Å². The summed E-state index contributed by atoms with van der Waals surface area (Å²) >= 11 is 1.08. The van der Waals surface area contributed by atoms with Crippen LogP contribution in [0.5, 0.6) is 0 Å². The third-order valence-corrected chi connectivity index (χ3v) is 3.58. The standard InChI is InChI=1S/C11H9N3O3S/c15-9(12-11(3-4-11)10(16)17)6-1-2-7-8(5-6)14-18-13-7/h1-2,5H,3-4H2,(H,12,15)(H,16,17). The number of fused-ring (bicyclic) bond motifs is 1. The van der Waals surface area contributed by atoms with Crippen LogP contribution in [0.25, 0.3) is 0 Å². The minimum Gasteiger partial charge on any atom is -0.480 e. The van der Waals surface area contributed by atoms with Crippen molar-refractivity contribution in [1.29, 1.82) is 0 Å². The highest BCUT2D eigenvalue weighted by Crippen LogP contribution is 2.36. The highest BCUT2D eigenvalue weighted by molar-refractivity contribution is 7.58. The van der Waals surface area contributed by atoms with Gasteiger partial charge in [-0.3, -0.25) is 4.79 Å². The number of hydrogen-bond donors (Lipinski definition) is 2. The van der Waals surface area contributed by atoms with Gasteiger partial charge in [0.2, 0.25) is 0 Å². The van der Waals surface area contributed by atoms with Gasteiger partial charge in [0.1, 0.15) is 16.9 Å². The molecular formula is C11H9N3O3S. The molecular weight excluding hydrogens is 254 g/mol. The smallest absolute Gasteiger partial charge is 0.329 e. The van der Waals surface area contributed by atoms with Crippen molar-refractivity contribution in [2.24, 2.45) is 8.73 Å². The first-order valence-corrected chi connectivity index (χ1v) is 6.12. The minimum atomic E-state index is -1.06. The minimum absolute atomic E-state index is 0.384. The van der Waals surface area contributed by atoms with Gasteiger partial charge in [-0.1, -0.05) is 0 Å². The third-order valence-electron chi connectivity index (χ3n) is 3.03. The first-order chi connectivity index (χ1) is 8.61. The molecule has 1 saturated carbocycles. The Morgan fingerprint density at radius 1 is 1.28 bits per heavy atom. The molecule has 0 spiro atoms. The van der Waals surface area contributed by atoms with E-state index in [0.717, 1.165) is 17.0 Å². The molecule has 1 amide bonds. The van der Waals surface area contributed by atoms with Crippen molar-refractivity contribution in [1.82, 2.24) is 5.32 Å². The number of carboxylic acids is 1. The Morgan fingerprint density at radius 3 is 2.67 bits per heavy atom. The van der Waals surface area contributed by atoms with E-state index in [2.05, 4.69) is 14.0 Å². The van der Waals surface area contributed by atoms with Crippen molar-refractivity contribution in [3.8, 4) is 0 Å². The molecule has 0 unspecified atom stereocenters. The number of rotatable bonds is 3. The van der Waals surface area contributed by atoms with E-state index in [9.17, 15) is 9.59 Å². The molecule has 6 nitrogen and oxygen atoms in total. The van der Waals surface area contributed by atoms with Gasteiger partial charge in [0.25, 0.3) is 5.91 Å². The molecule has 2 N–H and O–H groups in total. The van der Waals surface area contributed by atoms with Gasteiger partial charge in [-0.05, 0) is 31.0 Å². The molecule has 7 heteroatoms. The zero-order valence-corrected chi connectivity index (χ0v) is 10.0. The lowest BCUT2D eigenvalue weighted by molar-refractivity contribution is -0.140. The Hall–Kier alpha value is -2.02. The van der Waals surface area contributed by atoms with Gasteiger partial charge in [-0.2, -0.15) is 8.73 Å². The molecule has 92 valence electrons. The number of benzene rings is 1. The lowest BCUT2D eigenvalue weighted by Gasteiger charge is -2.12. The van der Waals surface area contributed by atoms with E-state index in [4.69, 9.17) is 5.11 Å². The summed E-state index contributed by atoms with van der Waals surface area (Å²) in [7, 11) is 0. The average molecular weight is 263 g/mol. The number of hydrogen-bond acceptors (Lipinski definition) is 4. The van der Waals surface area contributed by atoms with Crippen molar-refractivity contribution in [3.63, 3.8) is 0 Å². The van der Waals surface area contributed by atoms with Crippen LogP contribution < -0.4 is 5.32 Å². The second-order valence-electron chi connectivity index (χ2n) is 4.31. The molecule has 1 aromatic carbocycles. The van der Waals surface area contributed by atoms with Crippen LogP contribution in [0.1, 0.15) is 23.2 Å². The molecule has 0 aromatic heterocycles. The quantitative estimate of drug-likeness (QED) is 0.883. The van der Waals surface area contributed by atoms with Crippen LogP contribution in [0.3, 0.4) is 0 Å². The van der Waals surface area contributed by atoms with Crippen LogP contribution in [0.4, 0.5) is 11.4 Å². The fourth-order valence-corrected chi connectivity index (χ4v) is 2.25. The first kappa shape index (κ1) is 11.1. The molecule has 0 atom stereocenters. The Balaban J connectivity index is 1.82. The fraction of sp³-hybridized carbons (Fsp3) is 0.273. The highest BCUT2D eigenvalue weighted by atomic mass is 32.1. The number of carbonyl (C=O) groups excluding carboxylic acids is 1. The summed E-state index contributed by atoms with van der Waals surface area (Å²) in [6.07, 6.45) is 0.961. The second kappa shape index (κ2) is 3.74. The zero-order valence-electron chi connectivity index (χ0n) is 9.21. The van der Waals surface area contributed by atoms with Crippen molar-refractivity contribution in [3.05, 3.63) is 23.8 Å². The summed E-state index contributed by atoms with van der Waals surface area (Å²) in [4.78, 5) is 22.9. The molecule has 1 aliphatic heterocycles. The lowest BCUT2D eigenvalue weighted by atomic mass is 10.1. The van der Waals surface area contributed by atoms with E-state index < -0.39 is 11.5 Å². The Bertz CT molecular complexity index is 630. The predicted molar refractivity (Wildman–Crippen MR) is 65.1 cm³/mol. The molecule has 2 aliphatic rings. The fourth-order valence-electron chi connectivity index (χ4n) is 1.73. The lowest BCUT2D eigenvalue weighted by Crippen LogP contribution is -2.43. The van der Waals surface area contributed by atoms with Crippen molar-refractivity contribution in [2.75, 3.05) is 0 Å². The Kier molecular flexibility index (Phi) is 2.30. The molecule has 1 heterocycles. The normalized spacial score (nSPS) is 17.8. The summed E-state index contributed by atoms with van der Waals surface area (Å²) in [5.41, 5.74) is 0.721. The Labute approximate surface area is 106 Å². The van der Waals surface area contributed by atoms with Crippen LogP contribution in [0.15, 0.2) is 26.9 Å². The van der Waals surface area contributed by atoms with Crippen LogP contribution in [-0.2, 0) is 16.1 Å².